The largest absolute Gasteiger partial charge is 0.367 e. The molecule has 0 spiro atoms. The number of pyridine rings is 1. The van der Waals surface area contributed by atoms with Crippen LogP contribution >= 0.6 is 12.2 Å². The number of likely N-dealkylation sites (N-methyl/N-ethyl adjacent to an activating group) is 2. The summed E-state index contributed by atoms with van der Waals surface area (Å²) in [5.74, 6) is 0. The maximum atomic E-state index is 5.64. The van der Waals surface area contributed by atoms with Crippen LogP contribution in [0.5, 0.6) is 0 Å². The van der Waals surface area contributed by atoms with E-state index in [0.717, 1.165) is 50.8 Å². The Morgan fingerprint density at radius 2 is 2.03 bits per heavy atom. The van der Waals surface area contributed by atoms with Crippen molar-refractivity contribution in [3.63, 3.8) is 0 Å². The second kappa shape index (κ2) is 9.10. The van der Waals surface area contributed by atoms with Crippen molar-refractivity contribution in [1.29, 1.82) is 0 Å². The van der Waals surface area contributed by atoms with Gasteiger partial charge in [0.15, 0.2) is 5.11 Å². The number of anilines is 1. The molecule has 0 saturated carbocycles. The number of hydrogen-bond acceptors (Lipinski definition) is 5. The van der Waals surface area contributed by atoms with E-state index in [1.165, 1.54) is 41.8 Å². The van der Waals surface area contributed by atoms with Crippen LogP contribution in [0.1, 0.15) is 41.3 Å². The molecule has 1 N–H and O–H groups in total. The Morgan fingerprint density at radius 1 is 1.15 bits per heavy atom. The Balaban J connectivity index is 1.17. The number of rotatable bonds is 4. The van der Waals surface area contributed by atoms with Crippen LogP contribution in [0.4, 0.5) is 5.69 Å². The molecule has 4 aliphatic rings. The topological polar surface area (TPSA) is 37.9 Å². The van der Waals surface area contributed by atoms with Gasteiger partial charge in [-0.15, -0.1) is 0 Å². The Bertz CT molecular complexity index is 1070. The van der Waals surface area contributed by atoms with Crippen LogP contribution in [0.3, 0.4) is 0 Å². The molecule has 7 heteroatoms. The van der Waals surface area contributed by atoms with Gasteiger partial charge in [0.1, 0.15) is 0 Å². The fraction of sp³-hybridized carbons (Fsp3) is 0.556. The molecule has 1 aliphatic carbocycles. The van der Waals surface area contributed by atoms with E-state index in [9.17, 15) is 0 Å². The zero-order chi connectivity index (χ0) is 23.2. The van der Waals surface area contributed by atoms with Crippen LogP contribution < -0.4 is 10.2 Å². The molecule has 1 aromatic heterocycles. The molecular weight excluding hydrogens is 440 g/mol. The van der Waals surface area contributed by atoms with E-state index in [4.69, 9.17) is 17.2 Å². The summed E-state index contributed by atoms with van der Waals surface area (Å²) in [6.45, 7) is 6.17. The summed E-state index contributed by atoms with van der Waals surface area (Å²) >= 11 is 5.64. The third kappa shape index (κ3) is 3.97. The molecule has 0 radical (unpaired) electrons. The average Bonchev–Trinajstić information content (AvgIpc) is 3.15. The van der Waals surface area contributed by atoms with E-state index in [0.29, 0.717) is 18.1 Å². The van der Waals surface area contributed by atoms with Gasteiger partial charge in [-0.1, -0.05) is 18.2 Å². The molecule has 4 heterocycles. The summed E-state index contributed by atoms with van der Waals surface area (Å²) in [5, 5.41) is 4.85. The van der Waals surface area contributed by atoms with Gasteiger partial charge in [0.05, 0.1) is 17.8 Å². The minimum absolute atomic E-state index is 0.430. The molecular formula is C27H36N6S. The lowest BCUT2D eigenvalue weighted by Gasteiger charge is -2.41. The highest BCUT2D eigenvalue weighted by Crippen LogP contribution is 2.34. The molecule has 2 aromatic rings. The summed E-state index contributed by atoms with van der Waals surface area (Å²) in [4.78, 5) is 14.6. The van der Waals surface area contributed by atoms with Crippen LogP contribution in [0.25, 0.3) is 0 Å². The number of piperazine rings is 1. The number of hydrogen-bond donors (Lipinski definition) is 1. The fourth-order valence-electron chi connectivity index (χ4n) is 6.61. The van der Waals surface area contributed by atoms with Gasteiger partial charge < -0.3 is 20.0 Å². The van der Waals surface area contributed by atoms with Gasteiger partial charge in [0.2, 0.25) is 0 Å². The predicted molar refractivity (Wildman–Crippen MR) is 141 cm³/mol. The number of thiocarbonyl (C=S) groups is 1. The summed E-state index contributed by atoms with van der Waals surface area (Å²) < 4.78 is 0. The number of aryl methyl sites for hydroxylation is 1. The van der Waals surface area contributed by atoms with Crippen LogP contribution in [0.15, 0.2) is 36.5 Å². The van der Waals surface area contributed by atoms with Crippen molar-refractivity contribution >= 4 is 23.0 Å². The Kier molecular flexibility index (Phi) is 5.95. The minimum Gasteiger partial charge on any atom is -0.367 e. The summed E-state index contributed by atoms with van der Waals surface area (Å²) in [6.07, 6.45) is 6.67. The van der Waals surface area contributed by atoms with E-state index < -0.39 is 0 Å². The first-order chi connectivity index (χ1) is 16.6. The van der Waals surface area contributed by atoms with Crippen molar-refractivity contribution in [3.05, 3.63) is 58.9 Å². The van der Waals surface area contributed by atoms with E-state index >= 15 is 0 Å². The van der Waals surface area contributed by atoms with Gasteiger partial charge in [0.25, 0.3) is 0 Å². The van der Waals surface area contributed by atoms with Crippen molar-refractivity contribution in [2.24, 2.45) is 0 Å². The standard InChI is InChI=1S/C27H36N6S/c1-30(25-10-3-6-19-8-5-11-28-26(19)25)16-21-14-23-20(15-29-21)7-4-9-24(23)32-12-13-33-22(18-32)17-31(2)27(33)34/h4-5,7-9,11,21-22,25,29H,3,6,10,12-18H2,1-2H3/t21-,22-,25+/m1/s1. The van der Waals surface area contributed by atoms with Crippen LogP contribution in [-0.2, 0) is 19.4 Å². The first-order valence-corrected chi connectivity index (χ1v) is 13.2. The smallest absolute Gasteiger partial charge is 0.171 e. The molecule has 3 atom stereocenters. The van der Waals surface area contributed by atoms with E-state index in [-0.39, 0.29) is 0 Å². The van der Waals surface area contributed by atoms with Crippen molar-refractivity contribution in [3.8, 4) is 0 Å². The summed E-state index contributed by atoms with van der Waals surface area (Å²) in [7, 11) is 4.42. The van der Waals surface area contributed by atoms with Crippen molar-refractivity contribution in [2.75, 3.05) is 51.7 Å². The monoisotopic (exact) mass is 476 g/mol. The van der Waals surface area contributed by atoms with E-state index in [2.05, 4.69) is 69.3 Å². The third-order valence-electron chi connectivity index (χ3n) is 8.37. The molecule has 0 unspecified atom stereocenters. The Labute approximate surface area is 208 Å². The number of fused-ring (bicyclic) bond motifs is 3. The normalized spacial score (nSPS) is 26.5. The number of aromatic nitrogens is 1. The summed E-state index contributed by atoms with van der Waals surface area (Å²) in [5.41, 5.74) is 7.18. The van der Waals surface area contributed by atoms with Crippen LogP contribution in [-0.4, -0.2) is 83.7 Å². The fourth-order valence-corrected chi connectivity index (χ4v) is 6.92. The molecule has 2 fully saturated rings. The molecule has 6 nitrogen and oxygen atoms in total. The second-order valence-electron chi connectivity index (χ2n) is 10.5. The van der Waals surface area contributed by atoms with Crippen molar-refractivity contribution in [2.45, 2.75) is 50.4 Å². The van der Waals surface area contributed by atoms with Crippen LogP contribution in [0.2, 0.25) is 0 Å². The highest BCUT2D eigenvalue weighted by Gasteiger charge is 2.37. The first kappa shape index (κ1) is 22.3. The van der Waals surface area contributed by atoms with Gasteiger partial charge in [-0.25, -0.2) is 0 Å². The molecule has 34 heavy (non-hydrogen) atoms. The van der Waals surface area contributed by atoms with Crippen molar-refractivity contribution in [1.82, 2.24) is 25.0 Å². The lowest BCUT2D eigenvalue weighted by molar-refractivity contribution is 0.191. The molecule has 6 rings (SSSR count). The third-order valence-corrected chi connectivity index (χ3v) is 8.91. The number of benzene rings is 1. The Hall–Kier alpha value is -2.22. The number of nitrogens with zero attached hydrogens (tertiary/aromatic N) is 5. The molecule has 1 aromatic carbocycles. The molecule has 3 aliphatic heterocycles. The quantitative estimate of drug-likeness (QED) is 0.681. The SMILES string of the molecule is CN1C[C@@H]2CN(c3cccc4c3C[C@H](CN(C)[C@H]3CCCc5cccnc53)NC4)CCN2C1=S. The highest BCUT2D eigenvalue weighted by atomic mass is 32.1. The zero-order valence-corrected chi connectivity index (χ0v) is 21.2. The number of nitrogens with one attached hydrogen (secondary N) is 1. The van der Waals surface area contributed by atoms with Gasteiger partial charge in [-0.05, 0) is 73.8 Å². The molecule has 0 bridgehead atoms. The summed E-state index contributed by atoms with van der Waals surface area (Å²) in [6, 6.07) is 12.6. The molecule has 180 valence electrons. The van der Waals surface area contributed by atoms with E-state index in [1.54, 1.807) is 5.56 Å². The highest BCUT2D eigenvalue weighted by molar-refractivity contribution is 7.80. The van der Waals surface area contributed by atoms with Gasteiger partial charge in [-0.2, -0.15) is 0 Å². The maximum Gasteiger partial charge on any atom is 0.171 e. The van der Waals surface area contributed by atoms with E-state index in [1.807, 2.05) is 6.20 Å². The van der Waals surface area contributed by atoms with Crippen molar-refractivity contribution < 1.29 is 0 Å². The minimum atomic E-state index is 0.430. The average molecular weight is 477 g/mol. The lowest BCUT2D eigenvalue weighted by atomic mass is 9.89. The predicted octanol–water partition coefficient (Wildman–Crippen LogP) is 2.83. The molecule has 2 saturated heterocycles. The van der Waals surface area contributed by atoms with Gasteiger partial charge in [-0.3, -0.25) is 9.88 Å². The molecule has 0 amide bonds. The van der Waals surface area contributed by atoms with Gasteiger partial charge >= 0.3 is 0 Å². The maximum absolute atomic E-state index is 5.64. The lowest BCUT2D eigenvalue weighted by Crippen LogP contribution is -2.52. The van der Waals surface area contributed by atoms with Gasteiger partial charge in [0, 0.05) is 64.2 Å². The first-order valence-electron chi connectivity index (χ1n) is 12.8. The second-order valence-corrected chi connectivity index (χ2v) is 10.9. The van der Waals surface area contributed by atoms with Crippen LogP contribution in [0, 0.1) is 0 Å². The Morgan fingerprint density at radius 3 is 2.94 bits per heavy atom. The zero-order valence-electron chi connectivity index (χ0n) is 20.4.